The Hall–Kier alpha value is -3.23. The van der Waals surface area contributed by atoms with Crippen molar-refractivity contribution in [1.82, 2.24) is 30.6 Å². The summed E-state index contributed by atoms with van der Waals surface area (Å²) in [5, 5.41) is 13.3. The lowest BCUT2D eigenvalue weighted by molar-refractivity contribution is 0.0914. The Morgan fingerprint density at radius 3 is 2.52 bits per heavy atom. The van der Waals surface area contributed by atoms with E-state index in [-0.39, 0.29) is 23.8 Å². The smallest absolute Gasteiger partial charge is 0.251 e. The Morgan fingerprint density at radius 2 is 1.93 bits per heavy atom. The average Bonchev–Trinajstić information content (AvgIpc) is 3.30. The number of nitrogens with zero attached hydrogens (tertiary/aromatic N) is 4. The number of aromatic amines is 1. The standard InChI is InChI=1S/C18H22N6O3/c1-10(2)14(18-22-16(24-27-18)15-19-9-20-23-15)21-17(25)12-5-7-13(8-6-12)26-11(3)4/h5-11,14H,1-4H3,(H,21,25)(H,19,20,23). The van der Waals surface area contributed by atoms with Crippen molar-refractivity contribution in [2.24, 2.45) is 5.92 Å². The largest absolute Gasteiger partial charge is 0.491 e. The van der Waals surface area contributed by atoms with Crippen LogP contribution in [0.15, 0.2) is 35.1 Å². The van der Waals surface area contributed by atoms with Crippen molar-refractivity contribution in [2.75, 3.05) is 0 Å². The van der Waals surface area contributed by atoms with Crippen LogP contribution in [0.1, 0.15) is 50.0 Å². The quantitative estimate of drug-likeness (QED) is 0.656. The van der Waals surface area contributed by atoms with E-state index in [2.05, 4.69) is 30.6 Å². The number of rotatable bonds is 7. The molecule has 1 aromatic carbocycles. The van der Waals surface area contributed by atoms with E-state index in [4.69, 9.17) is 9.26 Å². The van der Waals surface area contributed by atoms with Gasteiger partial charge in [-0.15, -0.1) is 0 Å². The van der Waals surface area contributed by atoms with Crippen LogP contribution in [0.5, 0.6) is 5.75 Å². The maximum absolute atomic E-state index is 12.6. The first-order valence-corrected chi connectivity index (χ1v) is 8.71. The zero-order valence-corrected chi connectivity index (χ0v) is 15.6. The van der Waals surface area contributed by atoms with Crippen LogP contribution in [-0.4, -0.2) is 37.3 Å². The summed E-state index contributed by atoms with van der Waals surface area (Å²) in [4.78, 5) is 20.9. The lowest BCUT2D eigenvalue weighted by Gasteiger charge is -2.18. The Labute approximate surface area is 156 Å². The van der Waals surface area contributed by atoms with E-state index in [1.807, 2.05) is 27.7 Å². The fourth-order valence-electron chi connectivity index (χ4n) is 2.47. The molecule has 9 nitrogen and oxygen atoms in total. The van der Waals surface area contributed by atoms with Crippen LogP contribution in [-0.2, 0) is 0 Å². The van der Waals surface area contributed by atoms with Gasteiger partial charge in [-0.05, 0) is 44.0 Å². The zero-order valence-electron chi connectivity index (χ0n) is 15.6. The summed E-state index contributed by atoms with van der Waals surface area (Å²) in [7, 11) is 0. The van der Waals surface area contributed by atoms with Gasteiger partial charge in [-0.25, -0.2) is 4.98 Å². The lowest BCUT2D eigenvalue weighted by Crippen LogP contribution is -2.32. The molecule has 0 aliphatic rings. The fourth-order valence-corrected chi connectivity index (χ4v) is 2.47. The van der Waals surface area contributed by atoms with Gasteiger partial charge in [-0.3, -0.25) is 9.89 Å². The van der Waals surface area contributed by atoms with Gasteiger partial charge in [-0.2, -0.15) is 10.1 Å². The first-order chi connectivity index (χ1) is 12.9. The summed E-state index contributed by atoms with van der Waals surface area (Å²) >= 11 is 0. The van der Waals surface area contributed by atoms with Crippen LogP contribution < -0.4 is 10.1 Å². The molecule has 3 aromatic rings. The van der Waals surface area contributed by atoms with Crippen molar-refractivity contribution in [3.05, 3.63) is 42.0 Å². The van der Waals surface area contributed by atoms with Crippen LogP contribution in [0.4, 0.5) is 0 Å². The van der Waals surface area contributed by atoms with E-state index in [0.29, 0.717) is 17.3 Å². The minimum Gasteiger partial charge on any atom is -0.491 e. The molecule has 1 unspecified atom stereocenters. The van der Waals surface area contributed by atoms with E-state index < -0.39 is 6.04 Å². The van der Waals surface area contributed by atoms with Gasteiger partial charge in [0.1, 0.15) is 18.1 Å². The molecule has 2 heterocycles. The van der Waals surface area contributed by atoms with Crippen LogP contribution >= 0.6 is 0 Å². The molecule has 0 saturated carbocycles. The summed E-state index contributed by atoms with van der Waals surface area (Å²) in [6, 6.07) is 6.55. The molecule has 1 atom stereocenters. The number of carbonyl (C=O) groups excluding carboxylic acids is 1. The third-order valence-electron chi connectivity index (χ3n) is 3.78. The first kappa shape index (κ1) is 18.6. The fraction of sp³-hybridized carbons (Fsp3) is 0.389. The van der Waals surface area contributed by atoms with Crippen molar-refractivity contribution in [3.63, 3.8) is 0 Å². The van der Waals surface area contributed by atoms with E-state index in [1.165, 1.54) is 6.33 Å². The molecule has 0 aliphatic heterocycles. The maximum Gasteiger partial charge on any atom is 0.251 e. The predicted octanol–water partition coefficient (Wildman–Crippen LogP) is 2.77. The summed E-state index contributed by atoms with van der Waals surface area (Å²) in [6.45, 7) is 7.82. The molecule has 3 rings (SSSR count). The van der Waals surface area contributed by atoms with Crippen LogP contribution in [0.3, 0.4) is 0 Å². The Balaban J connectivity index is 1.73. The molecule has 0 saturated heterocycles. The first-order valence-electron chi connectivity index (χ1n) is 8.71. The van der Waals surface area contributed by atoms with E-state index in [0.717, 1.165) is 5.75 Å². The topological polar surface area (TPSA) is 119 Å². The molecule has 0 spiro atoms. The van der Waals surface area contributed by atoms with Crippen LogP contribution in [0.2, 0.25) is 0 Å². The van der Waals surface area contributed by atoms with Crippen molar-refractivity contribution in [3.8, 4) is 17.4 Å². The third-order valence-corrected chi connectivity index (χ3v) is 3.78. The number of benzene rings is 1. The number of hydrogen-bond donors (Lipinski definition) is 2. The summed E-state index contributed by atoms with van der Waals surface area (Å²) in [5.41, 5.74) is 0.520. The molecule has 0 aliphatic carbocycles. The van der Waals surface area contributed by atoms with Gasteiger partial charge in [0.05, 0.1) is 6.10 Å². The minimum atomic E-state index is -0.437. The second-order valence-electron chi connectivity index (χ2n) is 6.68. The molecule has 1 amide bonds. The predicted molar refractivity (Wildman–Crippen MR) is 96.9 cm³/mol. The molecule has 142 valence electrons. The van der Waals surface area contributed by atoms with Gasteiger partial charge >= 0.3 is 0 Å². The molecule has 0 radical (unpaired) electrons. The van der Waals surface area contributed by atoms with Crippen molar-refractivity contribution < 1.29 is 14.1 Å². The lowest BCUT2D eigenvalue weighted by atomic mass is 10.0. The molecular formula is C18H22N6O3. The molecule has 0 fully saturated rings. The van der Waals surface area contributed by atoms with Gasteiger partial charge in [0.25, 0.3) is 5.91 Å². The summed E-state index contributed by atoms with van der Waals surface area (Å²) < 4.78 is 10.9. The van der Waals surface area contributed by atoms with E-state index in [9.17, 15) is 4.79 Å². The minimum absolute atomic E-state index is 0.0422. The average molecular weight is 370 g/mol. The molecule has 0 bridgehead atoms. The SMILES string of the molecule is CC(C)Oc1ccc(C(=O)NC(c2nc(-c3ncn[nH]3)no2)C(C)C)cc1. The number of H-pyrrole nitrogens is 1. The number of hydrogen-bond acceptors (Lipinski definition) is 7. The highest BCUT2D eigenvalue weighted by Gasteiger charge is 2.26. The number of amides is 1. The van der Waals surface area contributed by atoms with E-state index >= 15 is 0 Å². The molecule has 9 heteroatoms. The van der Waals surface area contributed by atoms with Crippen molar-refractivity contribution >= 4 is 5.91 Å². The Bertz CT molecular complexity index is 871. The summed E-state index contributed by atoms with van der Waals surface area (Å²) in [5.74, 6) is 1.53. The van der Waals surface area contributed by atoms with Crippen LogP contribution in [0.25, 0.3) is 11.6 Å². The van der Waals surface area contributed by atoms with Crippen LogP contribution in [0, 0.1) is 5.92 Å². The van der Waals surface area contributed by atoms with Crippen molar-refractivity contribution in [2.45, 2.75) is 39.8 Å². The van der Waals surface area contributed by atoms with Gasteiger partial charge in [0, 0.05) is 5.56 Å². The monoisotopic (exact) mass is 370 g/mol. The Morgan fingerprint density at radius 1 is 1.19 bits per heavy atom. The molecule has 2 N–H and O–H groups in total. The highest BCUT2D eigenvalue weighted by molar-refractivity contribution is 5.94. The normalized spacial score (nSPS) is 12.4. The molecule has 2 aromatic heterocycles. The number of carbonyl (C=O) groups is 1. The van der Waals surface area contributed by atoms with Gasteiger partial charge in [0.2, 0.25) is 11.7 Å². The van der Waals surface area contributed by atoms with Gasteiger partial charge < -0.3 is 14.6 Å². The number of nitrogens with one attached hydrogen (secondary N) is 2. The second kappa shape index (κ2) is 7.98. The summed E-state index contributed by atoms with van der Waals surface area (Å²) in [6.07, 6.45) is 1.44. The number of aromatic nitrogens is 5. The Kier molecular flexibility index (Phi) is 5.49. The number of ether oxygens (including phenoxy) is 1. The van der Waals surface area contributed by atoms with Gasteiger partial charge in [0.15, 0.2) is 5.82 Å². The molecule has 27 heavy (non-hydrogen) atoms. The third kappa shape index (κ3) is 4.49. The van der Waals surface area contributed by atoms with Crippen molar-refractivity contribution in [1.29, 1.82) is 0 Å². The highest BCUT2D eigenvalue weighted by atomic mass is 16.5. The zero-order chi connectivity index (χ0) is 19.4. The van der Waals surface area contributed by atoms with E-state index in [1.54, 1.807) is 24.3 Å². The molecular weight excluding hydrogens is 348 g/mol. The second-order valence-corrected chi connectivity index (χ2v) is 6.68. The maximum atomic E-state index is 12.6. The van der Waals surface area contributed by atoms with Gasteiger partial charge in [-0.1, -0.05) is 19.0 Å². The highest BCUT2D eigenvalue weighted by Crippen LogP contribution is 2.23.